The van der Waals surface area contributed by atoms with Gasteiger partial charge in [-0.25, -0.2) is 4.79 Å². The van der Waals surface area contributed by atoms with E-state index in [2.05, 4.69) is 10.2 Å². The molecule has 4 aliphatic rings. The van der Waals surface area contributed by atoms with Crippen LogP contribution in [0.2, 0.25) is 0 Å². The minimum Gasteiger partial charge on any atom is -0.379 e. The lowest BCUT2D eigenvalue weighted by Gasteiger charge is -2.43. The molecule has 0 radical (unpaired) electrons. The fraction of sp³-hybridized carbons (Fsp3) is 0.938. The molecule has 22 heavy (non-hydrogen) atoms. The first-order chi connectivity index (χ1) is 10.8. The van der Waals surface area contributed by atoms with Crippen LogP contribution in [0, 0.1) is 11.8 Å². The first-order valence-electron chi connectivity index (χ1n) is 8.70. The monoisotopic (exact) mass is 325 g/mol. The number of piperidine rings is 1. The molecule has 0 aromatic heterocycles. The molecule has 1 saturated carbocycles. The van der Waals surface area contributed by atoms with E-state index in [0.29, 0.717) is 0 Å². The number of morpholine rings is 1. The molecule has 3 saturated heterocycles. The van der Waals surface area contributed by atoms with Gasteiger partial charge in [0.1, 0.15) is 0 Å². The summed E-state index contributed by atoms with van der Waals surface area (Å²) in [5, 5.41) is 3.26. The summed E-state index contributed by atoms with van der Waals surface area (Å²) in [5.74, 6) is 4.07. The number of nitrogens with one attached hydrogen (secondary N) is 1. The second kappa shape index (κ2) is 6.21. The normalized spacial score (nSPS) is 38.6. The van der Waals surface area contributed by atoms with Crippen molar-refractivity contribution in [3.63, 3.8) is 0 Å². The summed E-state index contributed by atoms with van der Waals surface area (Å²) in [4.78, 5) is 17.1. The molecule has 124 valence electrons. The smallest absolute Gasteiger partial charge is 0.317 e. The number of hydrogen-bond acceptors (Lipinski definition) is 4. The van der Waals surface area contributed by atoms with Crippen molar-refractivity contribution in [3.8, 4) is 0 Å². The van der Waals surface area contributed by atoms with Gasteiger partial charge in [-0.1, -0.05) is 0 Å². The van der Waals surface area contributed by atoms with Crippen LogP contribution >= 0.6 is 11.8 Å². The molecule has 1 aliphatic carbocycles. The highest BCUT2D eigenvalue weighted by Crippen LogP contribution is 2.44. The van der Waals surface area contributed by atoms with Crippen LogP contribution in [-0.2, 0) is 4.74 Å². The van der Waals surface area contributed by atoms with Gasteiger partial charge in [0.2, 0.25) is 0 Å². The third-order valence-electron chi connectivity index (χ3n) is 5.91. The Morgan fingerprint density at radius 3 is 2.86 bits per heavy atom. The van der Waals surface area contributed by atoms with E-state index in [-0.39, 0.29) is 11.6 Å². The van der Waals surface area contributed by atoms with E-state index in [1.54, 1.807) is 0 Å². The Morgan fingerprint density at radius 1 is 1.27 bits per heavy atom. The number of amides is 2. The number of ether oxygens (including phenoxy) is 1. The van der Waals surface area contributed by atoms with Gasteiger partial charge in [0.25, 0.3) is 0 Å². The minimum absolute atomic E-state index is 0.155. The quantitative estimate of drug-likeness (QED) is 0.848. The van der Waals surface area contributed by atoms with Crippen molar-refractivity contribution in [1.29, 1.82) is 0 Å². The SMILES string of the molecule is O=C(NCC1(N2CCOCC2)CCSC1)N1CCC2CC2C1. The van der Waals surface area contributed by atoms with Crippen LogP contribution in [0.25, 0.3) is 0 Å². The average molecular weight is 325 g/mol. The van der Waals surface area contributed by atoms with Crippen LogP contribution in [-0.4, -0.2) is 78.8 Å². The number of thioether (sulfide) groups is 1. The van der Waals surface area contributed by atoms with Crippen LogP contribution in [0.1, 0.15) is 19.3 Å². The van der Waals surface area contributed by atoms with Crippen molar-refractivity contribution in [2.75, 3.05) is 57.4 Å². The zero-order valence-corrected chi connectivity index (χ0v) is 14.1. The fourth-order valence-electron chi connectivity index (χ4n) is 4.25. The molecule has 0 aromatic carbocycles. The Hall–Kier alpha value is -0.460. The van der Waals surface area contributed by atoms with Crippen LogP contribution < -0.4 is 5.32 Å². The summed E-state index contributed by atoms with van der Waals surface area (Å²) in [6, 6.07) is 0.162. The Bertz CT molecular complexity index is 422. The van der Waals surface area contributed by atoms with E-state index in [1.807, 2.05) is 16.7 Å². The molecule has 2 amide bonds. The molecule has 0 aromatic rings. The van der Waals surface area contributed by atoms with Crippen molar-refractivity contribution >= 4 is 17.8 Å². The standard InChI is InChI=1S/C16H27N3O2S/c20-15(18-3-1-13-9-14(13)10-18)17-11-16(2-8-22-12-16)19-4-6-21-7-5-19/h13-14H,1-12H2,(H,17,20). The molecule has 6 heteroatoms. The highest BCUT2D eigenvalue weighted by Gasteiger charge is 2.44. The van der Waals surface area contributed by atoms with Gasteiger partial charge in [-0.3, -0.25) is 4.90 Å². The largest absolute Gasteiger partial charge is 0.379 e. The van der Waals surface area contributed by atoms with Gasteiger partial charge in [0.05, 0.1) is 13.2 Å². The molecule has 3 heterocycles. The Labute approximate surface area is 137 Å². The molecule has 5 nitrogen and oxygen atoms in total. The van der Waals surface area contributed by atoms with Crippen molar-refractivity contribution in [3.05, 3.63) is 0 Å². The zero-order valence-electron chi connectivity index (χ0n) is 13.3. The maximum Gasteiger partial charge on any atom is 0.317 e. The van der Waals surface area contributed by atoms with Gasteiger partial charge in [0.15, 0.2) is 0 Å². The number of hydrogen-bond donors (Lipinski definition) is 1. The number of fused-ring (bicyclic) bond motifs is 1. The number of carbonyl (C=O) groups is 1. The second-order valence-corrected chi connectivity index (χ2v) is 8.38. The maximum absolute atomic E-state index is 12.5. The maximum atomic E-state index is 12.5. The lowest BCUT2D eigenvalue weighted by Crippen LogP contribution is -2.60. The van der Waals surface area contributed by atoms with Gasteiger partial charge in [-0.15, -0.1) is 0 Å². The summed E-state index contributed by atoms with van der Waals surface area (Å²) in [5.41, 5.74) is 0.155. The topological polar surface area (TPSA) is 44.8 Å². The number of urea groups is 1. The van der Waals surface area contributed by atoms with E-state index >= 15 is 0 Å². The summed E-state index contributed by atoms with van der Waals surface area (Å²) in [6.45, 7) is 6.39. The van der Waals surface area contributed by atoms with Crippen molar-refractivity contribution < 1.29 is 9.53 Å². The van der Waals surface area contributed by atoms with E-state index in [1.165, 1.54) is 25.0 Å². The van der Waals surface area contributed by atoms with Gasteiger partial charge < -0.3 is 15.0 Å². The summed E-state index contributed by atoms with van der Waals surface area (Å²) in [6.07, 6.45) is 3.74. The van der Waals surface area contributed by atoms with Gasteiger partial charge >= 0.3 is 6.03 Å². The average Bonchev–Trinajstić information content (AvgIpc) is 3.19. The molecule has 4 rings (SSSR count). The molecule has 3 aliphatic heterocycles. The third kappa shape index (κ3) is 2.97. The molecular weight excluding hydrogens is 298 g/mol. The van der Waals surface area contributed by atoms with E-state index in [9.17, 15) is 4.79 Å². The van der Waals surface area contributed by atoms with Gasteiger partial charge in [0, 0.05) is 44.0 Å². The Kier molecular flexibility index (Phi) is 4.26. The van der Waals surface area contributed by atoms with Crippen molar-refractivity contribution in [1.82, 2.24) is 15.1 Å². The predicted molar refractivity (Wildman–Crippen MR) is 88.3 cm³/mol. The van der Waals surface area contributed by atoms with Gasteiger partial charge in [-0.05, 0) is 36.9 Å². The predicted octanol–water partition coefficient (Wildman–Crippen LogP) is 1.25. The number of rotatable bonds is 3. The first kappa shape index (κ1) is 15.1. The van der Waals surface area contributed by atoms with Gasteiger partial charge in [-0.2, -0.15) is 11.8 Å². The Morgan fingerprint density at radius 2 is 2.14 bits per heavy atom. The molecule has 4 fully saturated rings. The molecule has 3 atom stereocenters. The number of carbonyl (C=O) groups excluding carboxylic acids is 1. The highest BCUT2D eigenvalue weighted by atomic mass is 32.2. The lowest BCUT2D eigenvalue weighted by molar-refractivity contribution is -0.0127. The molecule has 0 spiro atoms. The van der Waals surface area contributed by atoms with E-state index < -0.39 is 0 Å². The van der Waals surface area contributed by atoms with E-state index in [0.717, 1.165) is 63.5 Å². The lowest BCUT2D eigenvalue weighted by atomic mass is 9.95. The zero-order chi connectivity index (χ0) is 15.0. The van der Waals surface area contributed by atoms with E-state index in [4.69, 9.17) is 4.74 Å². The summed E-state index contributed by atoms with van der Waals surface area (Å²) in [7, 11) is 0. The summed E-state index contributed by atoms with van der Waals surface area (Å²) >= 11 is 2.02. The third-order valence-corrected chi connectivity index (χ3v) is 7.15. The van der Waals surface area contributed by atoms with Crippen LogP contribution in [0.5, 0.6) is 0 Å². The number of likely N-dealkylation sites (tertiary alicyclic amines) is 1. The van der Waals surface area contributed by atoms with Crippen LogP contribution in [0.4, 0.5) is 4.79 Å². The molecule has 3 unspecified atom stereocenters. The summed E-state index contributed by atoms with van der Waals surface area (Å²) < 4.78 is 5.50. The Balaban J connectivity index is 1.34. The first-order valence-corrected chi connectivity index (χ1v) is 9.86. The van der Waals surface area contributed by atoms with Crippen molar-refractivity contribution in [2.24, 2.45) is 11.8 Å². The van der Waals surface area contributed by atoms with Crippen LogP contribution in [0.15, 0.2) is 0 Å². The fourth-order valence-corrected chi connectivity index (χ4v) is 5.73. The molecule has 1 N–H and O–H groups in total. The highest BCUT2D eigenvalue weighted by molar-refractivity contribution is 7.99. The second-order valence-electron chi connectivity index (χ2n) is 7.28. The van der Waals surface area contributed by atoms with Crippen molar-refractivity contribution in [2.45, 2.75) is 24.8 Å². The number of nitrogens with zero attached hydrogens (tertiary/aromatic N) is 2. The van der Waals surface area contributed by atoms with Crippen LogP contribution in [0.3, 0.4) is 0 Å². The minimum atomic E-state index is 0.155. The molecular formula is C16H27N3O2S. The molecule has 0 bridgehead atoms.